The van der Waals surface area contributed by atoms with Gasteiger partial charge in [-0.25, -0.2) is 9.97 Å². The largest absolute Gasteiger partial charge is 0.382 e. The van der Waals surface area contributed by atoms with E-state index in [4.69, 9.17) is 40.4 Å². The first-order chi connectivity index (χ1) is 17.2. The fraction of sp³-hybridized carbons (Fsp3) is 0.500. The number of amides is 2. The average Bonchev–Trinajstić information content (AvgIpc) is 2.86. The lowest BCUT2D eigenvalue weighted by atomic mass is 9.97. The molecule has 0 spiro atoms. The molecule has 3 heterocycles. The van der Waals surface area contributed by atoms with Gasteiger partial charge in [0.1, 0.15) is 0 Å². The average molecular weight is 535 g/mol. The highest BCUT2D eigenvalue weighted by Gasteiger charge is 2.34. The topological polar surface area (TPSA) is 148 Å². The van der Waals surface area contributed by atoms with Crippen LogP contribution in [0, 0.1) is 0 Å². The number of nitrogens with zero attached hydrogens (tertiary/aromatic N) is 5. The third-order valence-corrected chi connectivity index (χ3v) is 7.64. The summed E-state index contributed by atoms with van der Waals surface area (Å²) in [4.78, 5) is 38.8. The van der Waals surface area contributed by atoms with Crippen LogP contribution >= 0.6 is 23.2 Å². The molecule has 0 unspecified atom stereocenters. The molecule has 4 rings (SSSR count). The molecule has 2 aromatic rings. The van der Waals surface area contributed by atoms with E-state index in [9.17, 15) is 9.59 Å². The second-order valence-electron chi connectivity index (χ2n) is 9.36. The highest BCUT2D eigenvalue weighted by Crippen LogP contribution is 2.30. The third-order valence-electron chi connectivity index (χ3n) is 7.15. The van der Waals surface area contributed by atoms with Gasteiger partial charge in [-0.2, -0.15) is 0 Å². The normalized spacial score (nSPS) is 20.0. The van der Waals surface area contributed by atoms with Crippen LogP contribution in [-0.4, -0.2) is 76.4 Å². The molecule has 1 aromatic heterocycles. The van der Waals surface area contributed by atoms with Crippen molar-refractivity contribution in [1.29, 1.82) is 0 Å². The number of piperazine rings is 1. The summed E-state index contributed by atoms with van der Waals surface area (Å²) in [5.74, 6) is -0.731. The van der Waals surface area contributed by atoms with Crippen molar-refractivity contribution >= 4 is 46.7 Å². The molecule has 194 valence electrons. The molecule has 36 heavy (non-hydrogen) atoms. The third kappa shape index (κ3) is 5.67. The van der Waals surface area contributed by atoms with Gasteiger partial charge < -0.3 is 22.1 Å². The summed E-state index contributed by atoms with van der Waals surface area (Å²) >= 11 is 12.4. The number of carbonyl (C=O) groups is 2. The van der Waals surface area contributed by atoms with E-state index in [1.807, 2.05) is 6.07 Å². The maximum atomic E-state index is 11.8. The molecule has 1 atom stereocenters. The van der Waals surface area contributed by atoms with Crippen LogP contribution in [0.25, 0.3) is 0 Å². The van der Waals surface area contributed by atoms with E-state index < -0.39 is 11.8 Å². The van der Waals surface area contributed by atoms with Crippen molar-refractivity contribution < 1.29 is 9.59 Å². The Morgan fingerprint density at radius 2 is 1.78 bits per heavy atom. The molecule has 2 aliphatic heterocycles. The number of rotatable bonds is 7. The zero-order chi connectivity index (χ0) is 26.0. The molecule has 0 bridgehead atoms. The number of aromatic nitrogens is 2. The quantitative estimate of drug-likeness (QED) is 0.489. The van der Waals surface area contributed by atoms with Gasteiger partial charge in [0.25, 0.3) is 5.91 Å². The van der Waals surface area contributed by atoms with E-state index >= 15 is 0 Å². The number of nitrogen functional groups attached to an aromatic ring is 1. The van der Waals surface area contributed by atoms with E-state index in [2.05, 4.69) is 31.6 Å². The van der Waals surface area contributed by atoms with Crippen LogP contribution in [-0.2, 0) is 6.54 Å². The van der Waals surface area contributed by atoms with Gasteiger partial charge in [0, 0.05) is 48.8 Å². The number of nitrogens with two attached hydrogens (primary N) is 3. The second-order valence-corrected chi connectivity index (χ2v) is 10.1. The number of piperidine rings is 1. The van der Waals surface area contributed by atoms with Crippen LogP contribution < -0.4 is 22.1 Å². The predicted octanol–water partition coefficient (Wildman–Crippen LogP) is 2.13. The summed E-state index contributed by atoms with van der Waals surface area (Å²) in [6.07, 6.45) is 3.05. The molecule has 6 N–H and O–H groups in total. The number of hydrogen-bond donors (Lipinski definition) is 3. The van der Waals surface area contributed by atoms with Crippen LogP contribution in [0.1, 0.15) is 52.6 Å². The Labute approximate surface area is 220 Å². The SMILES string of the molecule is CC[C@H]1CN(c2nc(N)c(C(N)=O)nc2Cl)CCN1C1CCN(Cc2ccc(Cl)cc2C(N)=O)CC1. The van der Waals surface area contributed by atoms with Crippen molar-refractivity contribution in [3.8, 4) is 0 Å². The van der Waals surface area contributed by atoms with E-state index in [-0.39, 0.29) is 16.7 Å². The summed E-state index contributed by atoms with van der Waals surface area (Å²) < 4.78 is 0. The summed E-state index contributed by atoms with van der Waals surface area (Å²) in [6.45, 7) is 7.06. The highest BCUT2D eigenvalue weighted by atomic mass is 35.5. The van der Waals surface area contributed by atoms with Crippen molar-refractivity contribution in [3.63, 3.8) is 0 Å². The fourth-order valence-electron chi connectivity index (χ4n) is 5.27. The molecular formula is C24H32Cl2N8O2. The fourth-order valence-corrected chi connectivity index (χ4v) is 5.69. The van der Waals surface area contributed by atoms with Gasteiger partial charge in [0.15, 0.2) is 22.5 Å². The maximum absolute atomic E-state index is 11.8. The first kappa shape index (κ1) is 26.4. The Morgan fingerprint density at radius 3 is 2.42 bits per heavy atom. The van der Waals surface area contributed by atoms with E-state index in [1.54, 1.807) is 12.1 Å². The minimum absolute atomic E-state index is 0.00932. The van der Waals surface area contributed by atoms with Crippen LogP contribution in [0.2, 0.25) is 10.2 Å². The number of carbonyl (C=O) groups excluding carboxylic acids is 2. The molecule has 2 amide bonds. The van der Waals surface area contributed by atoms with Crippen molar-refractivity contribution in [2.75, 3.05) is 43.4 Å². The number of halogens is 2. The first-order valence-corrected chi connectivity index (χ1v) is 12.9. The molecule has 0 aliphatic carbocycles. The lowest BCUT2D eigenvalue weighted by Gasteiger charge is -2.47. The van der Waals surface area contributed by atoms with Crippen molar-refractivity contribution in [1.82, 2.24) is 19.8 Å². The summed E-state index contributed by atoms with van der Waals surface area (Å²) in [7, 11) is 0. The Bertz CT molecular complexity index is 1140. The molecule has 0 radical (unpaired) electrons. The molecule has 0 saturated carbocycles. The molecule has 12 heteroatoms. The smallest absolute Gasteiger partial charge is 0.271 e. The molecule has 2 aliphatic rings. The van der Waals surface area contributed by atoms with Gasteiger partial charge in [-0.05, 0) is 50.0 Å². The summed E-state index contributed by atoms with van der Waals surface area (Å²) in [5.41, 5.74) is 18.1. The van der Waals surface area contributed by atoms with Gasteiger partial charge >= 0.3 is 0 Å². The molecule has 10 nitrogen and oxygen atoms in total. The zero-order valence-corrected chi connectivity index (χ0v) is 21.8. The number of primary amides is 2. The molecular weight excluding hydrogens is 503 g/mol. The highest BCUT2D eigenvalue weighted by molar-refractivity contribution is 6.32. The number of likely N-dealkylation sites (tertiary alicyclic amines) is 1. The van der Waals surface area contributed by atoms with Gasteiger partial charge in [-0.1, -0.05) is 36.2 Å². The van der Waals surface area contributed by atoms with Gasteiger partial charge in [-0.3, -0.25) is 19.4 Å². The Balaban J connectivity index is 1.38. The molecule has 2 fully saturated rings. The number of benzene rings is 1. The van der Waals surface area contributed by atoms with Crippen molar-refractivity contribution in [2.45, 2.75) is 44.8 Å². The Kier molecular flexibility index (Phi) is 8.19. The lowest BCUT2D eigenvalue weighted by molar-refractivity contribution is 0.0609. The number of hydrogen-bond acceptors (Lipinski definition) is 8. The van der Waals surface area contributed by atoms with Crippen LogP contribution in [0.4, 0.5) is 11.6 Å². The first-order valence-electron chi connectivity index (χ1n) is 12.1. The summed E-state index contributed by atoms with van der Waals surface area (Å²) in [5, 5.41) is 0.641. The van der Waals surface area contributed by atoms with E-state index in [0.29, 0.717) is 35.0 Å². The van der Waals surface area contributed by atoms with Gasteiger partial charge in [0.2, 0.25) is 5.91 Å². The maximum Gasteiger partial charge on any atom is 0.271 e. The van der Waals surface area contributed by atoms with Gasteiger partial charge in [-0.15, -0.1) is 0 Å². The zero-order valence-electron chi connectivity index (χ0n) is 20.3. The minimum atomic E-state index is -0.752. The molecule has 1 aromatic carbocycles. The van der Waals surface area contributed by atoms with Gasteiger partial charge in [0.05, 0.1) is 0 Å². The van der Waals surface area contributed by atoms with Crippen molar-refractivity contribution in [3.05, 3.63) is 45.2 Å². The van der Waals surface area contributed by atoms with Crippen molar-refractivity contribution in [2.24, 2.45) is 11.5 Å². The van der Waals surface area contributed by atoms with E-state index in [1.165, 1.54) is 0 Å². The van der Waals surface area contributed by atoms with Crippen LogP contribution in [0.5, 0.6) is 0 Å². The monoisotopic (exact) mass is 534 g/mol. The van der Waals surface area contributed by atoms with Crippen LogP contribution in [0.15, 0.2) is 18.2 Å². The minimum Gasteiger partial charge on any atom is -0.382 e. The summed E-state index contributed by atoms with van der Waals surface area (Å²) in [6, 6.07) is 6.12. The predicted molar refractivity (Wildman–Crippen MR) is 141 cm³/mol. The van der Waals surface area contributed by atoms with Crippen LogP contribution in [0.3, 0.4) is 0 Å². The second kappa shape index (κ2) is 11.2. The Hall–Kier alpha value is -2.66. The number of anilines is 2. The molecule has 2 saturated heterocycles. The van der Waals surface area contributed by atoms with E-state index in [0.717, 1.165) is 57.5 Å². The Morgan fingerprint density at radius 1 is 1.06 bits per heavy atom. The standard InChI is InChI=1S/C24H32Cl2N8O2/c1-2-16-13-33(24-20(26)30-19(23(29)36)21(27)31-24)9-10-34(16)17-5-7-32(8-6-17)12-14-3-4-15(25)11-18(14)22(28)35/h3-4,11,16-17H,2,5-10,12-13H2,1H3,(H2,27,31)(H2,28,35)(H2,29,36)/t16-/m0/s1. The lowest BCUT2D eigenvalue weighted by Crippen LogP contribution is -2.58.